The molecule has 2 N–H and O–H groups in total. The van der Waals surface area contributed by atoms with Crippen LogP contribution in [0.25, 0.3) is 0 Å². The Hall–Kier alpha value is -1.77. The number of thioether (sulfide) groups is 1. The molecule has 0 aromatic heterocycles. The monoisotopic (exact) mass is 301 g/mol. The fraction of sp³-hybridized carbons (Fsp3) is 0.375. The lowest BCUT2D eigenvalue weighted by molar-refractivity contribution is 0.117. The van der Waals surface area contributed by atoms with E-state index in [1.54, 1.807) is 11.8 Å². The highest BCUT2D eigenvalue weighted by Gasteiger charge is 2.05. The number of nitrogens with two attached hydrogens (primary N) is 1. The molecule has 1 aliphatic heterocycles. The lowest BCUT2D eigenvalue weighted by atomic mass is 10.1. The molecule has 0 amide bonds. The third kappa shape index (κ3) is 5.62. The van der Waals surface area contributed by atoms with Crippen molar-refractivity contribution < 1.29 is 4.74 Å². The molecule has 1 heterocycles. The molecule has 0 saturated heterocycles. The Morgan fingerprint density at radius 2 is 2.10 bits per heavy atom. The minimum atomic E-state index is 0.602. The highest BCUT2D eigenvalue weighted by atomic mass is 32.2. The zero-order valence-corrected chi connectivity index (χ0v) is 12.7. The molecule has 1 aromatic rings. The summed E-state index contributed by atoms with van der Waals surface area (Å²) in [5.74, 6) is 0.960. The Kier molecular flexibility index (Phi) is 6.32. The lowest BCUT2D eigenvalue weighted by Crippen LogP contribution is -2.10. The third-order valence-corrected chi connectivity index (χ3v) is 4.08. The maximum Gasteiger partial charge on any atom is 0.158 e. The zero-order valence-electron chi connectivity index (χ0n) is 11.9. The Bertz CT molecular complexity index is 558. The molecule has 5 heteroatoms. The normalized spacial score (nSPS) is 14.2. The van der Waals surface area contributed by atoms with Crippen molar-refractivity contribution >= 4 is 16.9 Å². The molecule has 0 saturated carbocycles. The number of benzene rings is 1. The van der Waals surface area contributed by atoms with Gasteiger partial charge in [0.25, 0.3) is 0 Å². The zero-order chi connectivity index (χ0) is 14.9. The van der Waals surface area contributed by atoms with Gasteiger partial charge in [0.2, 0.25) is 0 Å². The second-order valence-corrected chi connectivity index (χ2v) is 5.86. The van der Waals surface area contributed by atoms with Crippen LogP contribution >= 0.6 is 11.8 Å². The number of hydrogen-bond acceptors (Lipinski definition) is 5. The van der Waals surface area contributed by atoms with Crippen LogP contribution in [0.1, 0.15) is 30.4 Å². The number of aliphatic imine (C=N–C) groups is 1. The van der Waals surface area contributed by atoms with E-state index in [0.29, 0.717) is 17.3 Å². The highest BCUT2D eigenvalue weighted by molar-refractivity contribution is 8.14. The largest absolute Gasteiger partial charge is 0.378 e. The summed E-state index contributed by atoms with van der Waals surface area (Å²) in [6, 6.07) is 9.61. The van der Waals surface area contributed by atoms with Crippen LogP contribution in [0.15, 0.2) is 41.0 Å². The molecular formula is C16H19N3OS. The summed E-state index contributed by atoms with van der Waals surface area (Å²) in [5.41, 5.74) is 8.73. The maximum atomic E-state index is 8.72. The van der Waals surface area contributed by atoms with E-state index in [0.717, 1.165) is 37.2 Å². The molecule has 110 valence electrons. The minimum Gasteiger partial charge on any atom is -0.378 e. The maximum absolute atomic E-state index is 8.72. The molecule has 4 nitrogen and oxygen atoms in total. The van der Waals surface area contributed by atoms with E-state index in [2.05, 4.69) is 11.1 Å². The molecule has 1 aliphatic rings. The van der Waals surface area contributed by atoms with Crippen LogP contribution < -0.4 is 5.73 Å². The summed E-state index contributed by atoms with van der Waals surface area (Å²) in [6.07, 6.45) is 5.10. The van der Waals surface area contributed by atoms with E-state index in [4.69, 9.17) is 15.7 Å². The number of rotatable bonds is 7. The van der Waals surface area contributed by atoms with Crippen molar-refractivity contribution in [2.75, 3.05) is 12.4 Å². The van der Waals surface area contributed by atoms with Crippen LogP contribution in [0, 0.1) is 11.3 Å². The summed E-state index contributed by atoms with van der Waals surface area (Å²) in [7, 11) is 0. The Morgan fingerprint density at radius 1 is 1.29 bits per heavy atom. The van der Waals surface area contributed by atoms with E-state index in [-0.39, 0.29) is 0 Å². The predicted octanol–water partition coefficient (Wildman–Crippen LogP) is 3.19. The van der Waals surface area contributed by atoms with E-state index in [1.807, 2.05) is 30.5 Å². The predicted molar refractivity (Wildman–Crippen MR) is 86.8 cm³/mol. The van der Waals surface area contributed by atoms with Gasteiger partial charge in [-0.05, 0) is 42.5 Å². The Labute approximate surface area is 129 Å². The van der Waals surface area contributed by atoms with Crippen molar-refractivity contribution in [3.8, 4) is 6.07 Å². The van der Waals surface area contributed by atoms with Gasteiger partial charge in [-0.3, -0.25) is 0 Å². The van der Waals surface area contributed by atoms with Crippen LogP contribution in [0.4, 0.5) is 0 Å². The van der Waals surface area contributed by atoms with Gasteiger partial charge < -0.3 is 10.5 Å². The average molecular weight is 301 g/mol. The number of nitriles is 1. The van der Waals surface area contributed by atoms with Gasteiger partial charge in [0.1, 0.15) is 0 Å². The molecule has 2 rings (SSSR count). The van der Waals surface area contributed by atoms with Crippen molar-refractivity contribution in [3.05, 3.63) is 47.2 Å². The van der Waals surface area contributed by atoms with E-state index in [1.165, 1.54) is 5.57 Å². The van der Waals surface area contributed by atoms with Gasteiger partial charge in [0, 0.05) is 18.6 Å². The van der Waals surface area contributed by atoms with Crippen LogP contribution in [0.5, 0.6) is 0 Å². The van der Waals surface area contributed by atoms with Crippen LogP contribution in [0.3, 0.4) is 0 Å². The van der Waals surface area contributed by atoms with Gasteiger partial charge in [0.15, 0.2) is 5.17 Å². The number of nitrogens with zero attached hydrogens (tertiary/aromatic N) is 2. The molecule has 1 aromatic carbocycles. The van der Waals surface area contributed by atoms with Gasteiger partial charge in [-0.15, -0.1) is 0 Å². The van der Waals surface area contributed by atoms with E-state index in [9.17, 15) is 0 Å². The number of hydrogen-bond donors (Lipinski definition) is 1. The fourth-order valence-electron chi connectivity index (χ4n) is 1.95. The summed E-state index contributed by atoms with van der Waals surface area (Å²) >= 11 is 1.60. The Morgan fingerprint density at radius 3 is 2.76 bits per heavy atom. The topological polar surface area (TPSA) is 71.4 Å². The molecule has 0 bridgehead atoms. The van der Waals surface area contributed by atoms with Crippen molar-refractivity contribution in [1.29, 1.82) is 5.26 Å². The smallest absolute Gasteiger partial charge is 0.158 e. The average Bonchev–Trinajstić information content (AvgIpc) is 2.53. The van der Waals surface area contributed by atoms with Crippen molar-refractivity contribution in [2.45, 2.75) is 25.9 Å². The van der Waals surface area contributed by atoms with Gasteiger partial charge in [-0.25, -0.2) is 4.99 Å². The van der Waals surface area contributed by atoms with Gasteiger partial charge >= 0.3 is 0 Å². The van der Waals surface area contributed by atoms with Gasteiger partial charge in [0.05, 0.1) is 18.2 Å². The van der Waals surface area contributed by atoms with Crippen molar-refractivity contribution in [1.82, 2.24) is 0 Å². The fourth-order valence-corrected chi connectivity index (χ4v) is 2.63. The number of amidine groups is 1. The second-order valence-electron chi connectivity index (χ2n) is 4.86. The minimum absolute atomic E-state index is 0.602. The first kappa shape index (κ1) is 15.6. The Balaban J connectivity index is 1.57. The summed E-state index contributed by atoms with van der Waals surface area (Å²) in [6.45, 7) is 1.36. The van der Waals surface area contributed by atoms with Crippen LogP contribution in [-0.2, 0) is 11.3 Å². The van der Waals surface area contributed by atoms with Crippen molar-refractivity contribution in [3.63, 3.8) is 0 Å². The summed E-state index contributed by atoms with van der Waals surface area (Å²) in [5, 5.41) is 9.38. The van der Waals surface area contributed by atoms with E-state index >= 15 is 0 Å². The van der Waals surface area contributed by atoms with Crippen molar-refractivity contribution in [2.24, 2.45) is 10.7 Å². The number of ether oxygens (including phenoxy) is 1. The molecule has 0 aliphatic carbocycles. The quantitative estimate of drug-likeness (QED) is 0.785. The summed E-state index contributed by atoms with van der Waals surface area (Å²) in [4.78, 5) is 4.12. The summed E-state index contributed by atoms with van der Waals surface area (Å²) < 4.78 is 5.64. The molecule has 0 fully saturated rings. The first-order valence-electron chi connectivity index (χ1n) is 6.98. The SMILES string of the molecule is N#Cc1ccc(COCCCCC2=CN=C(N)SC2)cc1. The molecule has 0 radical (unpaired) electrons. The first-order chi connectivity index (χ1) is 10.3. The number of unbranched alkanes of at least 4 members (excludes halogenated alkanes) is 1. The second kappa shape index (κ2) is 8.50. The molecule has 0 unspecified atom stereocenters. The lowest BCUT2D eigenvalue weighted by Gasteiger charge is -2.10. The van der Waals surface area contributed by atoms with Gasteiger partial charge in [-0.1, -0.05) is 23.9 Å². The van der Waals surface area contributed by atoms with Crippen LogP contribution in [0.2, 0.25) is 0 Å². The third-order valence-electron chi connectivity index (χ3n) is 3.17. The molecule has 0 spiro atoms. The van der Waals surface area contributed by atoms with Gasteiger partial charge in [-0.2, -0.15) is 5.26 Å². The van der Waals surface area contributed by atoms with E-state index < -0.39 is 0 Å². The highest BCUT2D eigenvalue weighted by Crippen LogP contribution is 2.18. The first-order valence-corrected chi connectivity index (χ1v) is 7.97. The standard InChI is InChI=1S/C16H19N3OS/c17-9-13-4-6-14(7-5-13)11-20-8-2-1-3-15-10-19-16(18)21-12-15/h4-7,10H,1-3,8,11-12H2,(H2,18,19). The molecule has 21 heavy (non-hydrogen) atoms. The molecule has 0 atom stereocenters. The molecular weight excluding hydrogens is 282 g/mol. The van der Waals surface area contributed by atoms with Crippen LogP contribution in [-0.4, -0.2) is 17.5 Å².